The minimum absolute atomic E-state index is 0.669. The number of anilines is 2. The molecule has 1 aliphatic rings. The zero-order chi connectivity index (χ0) is 17.2. The SMILES string of the molecule is Clc1cc(Br)cc2c(N3CCCN(c4cccnn4)CC3)ccnc12. The molecule has 0 N–H and O–H groups in total. The highest BCUT2D eigenvalue weighted by atomic mass is 79.9. The van der Waals surface area contributed by atoms with Gasteiger partial charge in [0, 0.05) is 54.1 Å². The van der Waals surface area contributed by atoms with Crippen molar-refractivity contribution in [2.45, 2.75) is 6.42 Å². The molecule has 0 unspecified atom stereocenters. The average Bonchev–Trinajstić information content (AvgIpc) is 2.88. The lowest BCUT2D eigenvalue weighted by Gasteiger charge is -2.25. The molecule has 0 bridgehead atoms. The monoisotopic (exact) mass is 417 g/mol. The van der Waals surface area contributed by atoms with E-state index in [0.717, 1.165) is 53.8 Å². The Morgan fingerprint density at radius 1 is 1.00 bits per heavy atom. The predicted molar refractivity (Wildman–Crippen MR) is 106 cm³/mol. The number of fused-ring (bicyclic) bond motifs is 1. The summed E-state index contributed by atoms with van der Waals surface area (Å²) in [4.78, 5) is 9.15. The number of hydrogen-bond donors (Lipinski definition) is 0. The van der Waals surface area contributed by atoms with Gasteiger partial charge in [-0.05, 0) is 36.8 Å². The Kier molecular flexibility index (Phi) is 4.72. The van der Waals surface area contributed by atoms with Gasteiger partial charge in [-0.2, -0.15) is 5.10 Å². The van der Waals surface area contributed by atoms with Crippen molar-refractivity contribution in [1.29, 1.82) is 0 Å². The third-order valence-corrected chi connectivity index (χ3v) is 5.20. The molecule has 25 heavy (non-hydrogen) atoms. The molecule has 0 saturated carbocycles. The van der Waals surface area contributed by atoms with Crippen molar-refractivity contribution in [2.24, 2.45) is 0 Å². The molecular weight excluding hydrogens is 402 g/mol. The summed E-state index contributed by atoms with van der Waals surface area (Å²) in [5.41, 5.74) is 2.02. The molecule has 0 spiro atoms. The van der Waals surface area contributed by atoms with Gasteiger partial charge in [0.1, 0.15) is 0 Å². The van der Waals surface area contributed by atoms with Gasteiger partial charge in [-0.1, -0.05) is 27.5 Å². The Morgan fingerprint density at radius 2 is 1.84 bits per heavy atom. The number of hydrogen-bond acceptors (Lipinski definition) is 5. The summed E-state index contributed by atoms with van der Waals surface area (Å²) in [5, 5.41) is 9.98. The highest BCUT2D eigenvalue weighted by molar-refractivity contribution is 9.10. The Bertz CT molecular complexity index is 889. The van der Waals surface area contributed by atoms with Gasteiger partial charge < -0.3 is 9.80 Å². The standard InChI is InChI=1S/C18H17BrClN5/c19-13-11-14-16(4-6-21-18(14)15(20)12-13)24-7-2-8-25(10-9-24)17-3-1-5-22-23-17/h1,3-6,11-12H,2,7-10H2. The zero-order valence-corrected chi connectivity index (χ0v) is 15.9. The zero-order valence-electron chi connectivity index (χ0n) is 13.6. The van der Waals surface area contributed by atoms with Gasteiger partial charge in [-0.25, -0.2) is 0 Å². The molecule has 1 fully saturated rings. The van der Waals surface area contributed by atoms with Crippen LogP contribution >= 0.6 is 27.5 Å². The summed E-state index contributed by atoms with van der Waals surface area (Å²) >= 11 is 9.92. The molecule has 3 aromatic rings. The third kappa shape index (κ3) is 3.41. The molecule has 1 aromatic carbocycles. The molecule has 1 saturated heterocycles. The van der Waals surface area contributed by atoms with Gasteiger partial charge in [0.25, 0.3) is 0 Å². The topological polar surface area (TPSA) is 45.2 Å². The van der Waals surface area contributed by atoms with Crippen LogP contribution in [0.2, 0.25) is 5.02 Å². The summed E-state index contributed by atoms with van der Waals surface area (Å²) in [7, 11) is 0. The van der Waals surface area contributed by atoms with E-state index in [4.69, 9.17) is 11.6 Å². The van der Waals surface area contributed by atoms with E-state index in [-0.39, 0.29) is 0 Å². The molecule has 5 nitrogen and oxygen atoms in total. The van der Waals surface area contributed by atoms with Gasteiger partial charge >= 0.3 is 0 Å². The lowest BCUT2D eigenvalue weighted by atomic mass is 10.1. The summed E-state index contributed by atoms with van der Waals surface area (Å²) in [6, 6.07) is 10.00. The molecular formula is C18H17BrClN5. The first kappa shape index (κ1) is 16.5. The minimum atomic E-state index is 0.669. The van der Waals surface area contributed by atoms with Gasteiger partial charge in [0.15, 0.2) is 5.82 Å². The Balaban J connectivity index is 1.64. The van der Waals surface area contributed by atoms with Crippen molar-refractivity contribution >= 4 is 49.9 Å². The average molecular weight is 419 g/mol. The number of pyridine rings is 1. The van der Waals surface area contributed by atoms with E-state index in [1.54, 1.807) is 6.20 Å². The second kappa shape index (κ2) is 7.14. The first-order chi connectivity index (χ1) is 12.2. The largest absolute Gasteiger partial charge is 0.369 e. The van der Waals surface area contributed by atoms with E-state index >= 15 is 0 Å². The second-order valence-electron chi connectivity index (χ2n) is 6.02. The normalized spacial score (nSPS) is 15.4. The number of benzene rings is 1. The van der Waals surface area contributed by atoms with Crippen LogP contribution in [0.4, 0.5) is 11.5 Å². The van der Waals surface area contributed by atoms with Crippen LogP contribution in [0.3, 0.4) is 0 Å². The van der Waals surface area contributed by atoms with Gasteiger partial charge in [-0.3, -0.25) is 4.98 Å². The molecule has 0 aliphatic carbocycles. The summed E-state index contributed by atoms with van der Waals surface area (Å²) in [6.07, 6.45) is 4.60. The van der Waals surface area contributed by atoms with Crippen molar-refractivity contribution < 1.29 is 0 Å². The van der Waals surface area contributed by atoms with Gasteiger partial charge in [0.2, 0.25) is 0 Å². The maximum Gasteiger partial charge on any atom is 0.151 e. The van der Waals surface area contributed by atoms with E-state index in [1.807, 2.05) is 24.4 Å². The predicted octanol–water partition coefficient (Wildman–Crippen LogP) is 4.16. The van der Waals surface area contributed by atoms with E-state index in [2.05, 4.69) is 53.0 Å². The van der Waals surface area contributed by atoms with Crippen LogP contribution in [0.5, 0.6) is 0 Å². The molecule has 1 aliphatic heterocycles. The van der Waals surface area contributed by atoms with E-state index in [1.165, 1.54) is 5.69 Å². The summed E-state index contributed by atoms with van der Waals surface area (Å²) in [5.74, 6) is 0.940. The maximum absolute atomic E-state index is 6.37. The summed E-state index contributed by atoms with van der Waals surface area (Å²) in [6.45, 7) is 3.78. The molecule has 128 valence electrons. The van der Waals surface area contributed by atoms with Crippen molar-refractivity contribution in [3.63, 3.8) is 0 Å². The minimum Gasteiger partial charge on any atom is -0.369 e. The molecule has 2 aromatic heterocycles. The highest BCUT2D eigenvalue weighted by Gasteiger charge is 2.19. The lowest BCUT2D eigenvalue weighted by Crippen LogP contribution is -2.31. The van der Waals surface area contributed by atoms with Crippen molar-refractivity contribution in [2.75, 3.05) is 36.0 Å². The maximum atomic E-state index is 6.37. The van der Waals surface area contributed by atoms with Crippen LogP contribution in [0.25, 0.3) is 10.9 Å². The quantitative estimate of drug-likeness (QED) is 0.625. The molecule has 4 rings (SSSR count). The number of halogens is 2. The smallest absolute Gasteiger partial charge is 0.151 e. The number of aromatic nitrogens is 3. The van der Waals surface area contributed by atoms with Crippen LogP contribution in [-0.2, 0) is 0 Å². The number of nitrogens with zero attached hydrogens (tertiary/aromatic N) is 5. The second-order valence-corrected chi connectivity index (χ2v) is 7.35. The Hall–Kier alpha value is -1.92. The molecule has 3 heterocycles. The van der Waals surface area contributed by atoms with Gasteiger partial charge in [-0.15, -0.1) is 5.10 Å². The first-order valence-electron chi connectivity index (χ1n) is 8.24. The van der Waals surface area contributed by atoms with Crippen LogP contribution in [0, 0.1) is 0 Å². The first-order valence-corrected chi connectivity index (χ1v) is 9.41. The molecule has 7 heteroatoms. The fourth-order valence-corrected chi connectivity index (χ4v) is 4.15. The van der Waals surface area contributed by atoms with Crippen molar-refractivity contribution in [3.05, 3.63) is 52.2 Å². The number of rotatable bonds is 2. The highest BCUT2D eigenvalue weighted by Crippen LogP contribution is 2.33. The lowest BCUT2D eigenvalue weighted by molar-refractivity contribution is 0.786. The Labute approximate surface area is 159 Å². The molecule has 0 radical (unpaired) electrons. The van der Waals surface area contributed by atoms with Crippen LogP contribution in [0.1, 0.15) is 6.42 Å². The van der Waals surface area contributed by atoms with E-state index < -0.39 is 0 Å². The van der Waals surface area contributed by atoms with Crippen LogP contribution < -0.4 is 9.80 Å². The van der Waals surface area contributed by atoms with Crippen molar-refractivity contribution in [3.8, 4) is 0 Å². The van der Waals surface area contributed by atoms with Crippen LogP contribution in [0.15, 0.2) is 47.2 Å². The fourth-order valence-electron chi connectivity index (χ4n) is 3.29. The molecule has 0 atom stereocenters. The molecule has 0 amide bonds. The van der Waals surface area contributed by atoms with E-state index in [9.17, 15) is 0 Å². The summed E-state index contributed by atoms with van der Waals surface area (Å²) < 4.78 is 0.968. The van der Waals surface area contributed by atoms with E-state index in [0.29, 0.717) is 5.02 Å². The van der Waals surface area contributed by atoms with Crippen LogP contribution in [-0.4, -0.2) is 41.4 Å². The fraction of sp³-hybridized carbons (Fsp3) is 0.278. The Morgan fingerprint density at radius 3 is 2.68 bits per heavy atom. The third-order valence-electron chi connectivity index (χ3n) is 4.46. The van der Waals surface area contributed by atoms with Gasteiger partial charge in [0.05, 0.1) is 10.5 Å². The van der Waals surface area contributed by atoms with Crippen molar-refractivity contribution in [1.82, 2.24) is 15.2 Å².